The number of nitrogens with one attached hydrogen (secondary N) is 1. The molecule has 0 aliphatic carbocycles. The third-order valence-electron chi connectivity index (χ3n) is 4.39. The molecule has 5 nitrogen and oxygen atoms in total. The number of hydrogen-bond donors (Lipinski definition) is 1. The Hall–Kier alpha value is -3.31. The topological polar surface area (TPSA) is 59.9 Å². The molecule has 3 aromatic carbocycles. The molecule has 0 heterocycles. The molecule has 6 heteroatoms. The van der Waals surface area contributed by atoms with Crippen LogP contribution in [0, 0.1) is 13.8 Å². The van der Waals surface area contributed by atoms with E-state index in [1.165, 1.54) is 0 Å². The molecule has 0 atom stereocenters. The Morgan fingerprint density at radius 3 is 2.37 bits per heavy atom. The zero-order chi connectivity index (χ0) is 21.3. The highest BCUT2D eigenvalue weighted by Gasteiger charge is 2.06. The van der Waals surface area contributed by atoms with Gasteiger partial charge in [0.2, 0.25) is 0 Å². The maximum Gasteiger partial charge on any atom is 0.277 e. The van der Waals surface area contributed by atoms with E-state index in [9.17, 15) is 4.79 Å². The van der Waals surface area contributed by atoms with Crippen molar-refractivity contribution in [2.75, 3.05) is 6.61 Å². The summed E-state index contributed by atoms with van der Waals surface area (Å²) in [6, 6.07) is 20.8. The maximum absolute atomic E-state index is 12.0. The summed E-state index contributed by atoms with van der Waals surface area (Å²) < 4.78 is 11.4. The van der Waals surface area contributed by atoms with Crippen LogP contribution >= 0.6 is 11.6 Å². The molecule has 0 aliphatic heterocycles. The number of benzene rings is 3. The number of amides is 1. The molecule has 154 valence electrons. The predicted octanol–water partition coefficient (Wildman–Crippen LogP) is 5.06. The molecule has 3 aromatic rings. The molecule has 1 N–H and O–H groups in total. The lowest BCUT2D eigenvalue weighted by molar-refractivity contribution is -0.123. The van der Waals surface area contributed by atoms with Crippen LogP contribution in [0.4, 0.5) is 0 Å². The normalized spacial score (nSPS) is 10.8. The van der Waals surface area contributed by atoms with Gasteiger partial charge in [-0.3, -0.25) is 4.79 Å². The van der Waals surface area contributed by atoms with E-state index in [0.717, 1.165) is 33.8 Å². The molecule has 0 bridgehead atoms. The average Bonchev–Trinajstić information content (AvgIpc) is 2.74. The number of rotatable bonds is 8. The van der Waals surface area contributed by atoms with Gasteiger partial charge in [0, 0.05) is 10.6 Å². The van der Waals surface area contributed by atoms with Crippen molar-refractivity contribution < 1.29 is 14.3 Å². The van der Waals surface area contributed by atoms with Gasteiger partial charge in [0.15, 0.2) is 6.61 Å². The van der Waals surface area contributed by atoms with Crippen LogP contribution in [0.3, 0.4) is 0 Å². The lowest BCUT2D eigenvalue weighted by atomic mass is 10.1. The van der Waals surface area contributed by atoms with Crippen LogP contribution in [0.2, 0.25) is 5.02 Å². The van der Waals surface area contributed by atoms with E-state index >= 15 is 0 Å². The summed E-state index contributed by atoms with van der Waals surface area (Å²) in [6.07, 6.45) is 1.56. The molecule has 1 amide bonds. The van der Waals surface area contributed by atoms with Crippen LogP contribution < -0.4 is 14.9 Å². The standard InChI is InChI=1S/C24H23ClN2O3/c1-17-6-5-7-18(2)24(17)30-16-23(28)27-26-14-19-10-12-21(13-11-19)29-15-20-8-3-4-9-22(20)25/h3-14H,15-16H2,1-2H3,(H,27,28)/b26-14+. The Morgan fingerprint density at radius 2 is 1.67 bits per heavy atom. The number of hydrazone groups is 1. The molecular weight excluding hydrogens is 400 g/mol. The van der Waals surface area contributed by atoms with E-state index in [1.54, 1.807) is 6.21 Å². The first-order valence-corrected chi connectivity index (χ1v) is 9.88. The second-order valence-electron chi connectivity index (χ2n) is 6.75. The summed E-state index contributed by atoms with van der Waals surface area (Å²) in [5.74, 6) is 1.12. The lowest BCUT2D eigenvalue weighted by Crippen LogP contribution is -2.25. The van der Waals surface area contributed by atoms with E-state index in [4.69, 9.17) is 21.1 Å². The summed E-state index contributed by atoms with van der Waals surface area (Å²) in [5, 5.41) is 4.65. The Kier molecular flexibility index (Phi) is 7.46. The predicted molar refractivity (Wildman–Crippen MR) is 119 cm³/mol. The van der Waals surface area contributed by atoms with Crippen molar-refractivity contribution in [1.82, 2.24) is 5.43 Å². The number of nitrogens with zero attached hydrogens (tertiary/aromatic N) is 1. The zero-order valence-electron chi connectivity index (χ0n) is 16.9. The third kappa shape index (κ3) is 6.09. The molecule has 0 spiro atoms. The summed E-state index contributed by atoms with van der Waals surface area (Å²) in [5.41, 5.74) is 6.20. The van der Waals surface area contributed by atoms with Gasteiger partial charge in [-0.2, -0.15) is 5.10 Å². The fraction of sp³-hybridized carbons (Fsp3) is 0.167. The van der Waals surface area contributed by atoms with E-state index in [2.05, 4.69) is 10.5 Å². The smallest absolute Gasteiger partial charge is 0.277 e. The second-order valence-corrected chi connectivity index (χ2v) is 7.16. The van der Waals surface area contributed by atoms with Crippen molar-refractivity contribution in [3.63, 3.8) is 0 Å². The van der Waals surface area contributed by atoms with Gasteiger partial charge >= 0.3 is 0 Å². The van der Waals surface area contributed by atoms with Gasteiger partial charge in [-0.05, 0) is 60.9 Å². The van der Waals surface area contributed by atoms with Crippen molar-refractivity contribution in [3.05, 3.63) is 94.0 Å². The Labute approximate surface area is 181 Å². The van der Waals surface area contributed by atoms with Gasteiger partial charge in [0.05, 0.1) is 6.21 Å². The number of para-hydroxylation sites is 1. The first kappa shape index (κ1) is 21.4. The minimum Gasteiger partial charge on any atom is -0.489 e. The van der Waals surface area contributed by atoms with Crippen LogP contribution in [0.15, 0.2) is 71.8 Å². The van der Waals surface area contributed by atoms with Crippen LogP contribution in [0.5, 0.6) is 11.5 Å². The number of carbonyl (C=O) groups excluding carboxylic acids is 1. The largest absolute Gasteiger partial charge is 0.489 e. The van der Waals surface area contributed by atoms with E-state index in [-0.39, 0.29) is 12.5 Å². The highest BCUT2D eigenvalue weighted by atomic mass is 35.5. The molecule has 30 heavy (non-hydrogen) atoms. The first-order valence-electron chi connectivity index (χ1n) is 9.50. The number of halogens is 1. The molecule has 3 rings (SSSR count). The quantitative estimate of drug-likeness (QED) is 0.407. The van der Waals surface area contributed by atoms with Crippen molar-refractivity contribution in [2.45, 2.75) is 20.5 Å². The second kappa shape index (κ2) is 10.5. The number of hydrogen-bond acceptors (Lipinski definition) is 4. The van der Waals surface area contributed by atoms with E-state index < -0.39 is 0 Å². The van der Waals surface area contributed by atoms with Crippen molar-refractivity contribution in [1.29, 1.82) is 0 Å². The number of aryl methyl sites for hydroxylation is 2. The molecule has 0 fully saturated rings. The molecule has 0 saturated heterocycles. The van der Waals surface area contributed by atoms with Gasteiger partial charge in [0.1, 0.15) is 18.1 Å². The minimum absolute atomic E-state index is 0.0993. The Bertz CT molecular complexity index is 1010. The van der Waals surface area contributed by atoms with Crippen LogP contribution in [0.25, 0.3) is 0 Å². The molecule has 0 aliphatic rings. The molecule has 0 unspecified atom stereocenters. The number of ether oxygens (including phenoxy) is 2. The van der Waals surface area contributed by atoms with Crippen molar-refractivity contribution >= 4 is 23.7 Å². The number of carbonyl (C=O) groups is 1. The Morgan fingerprint density at radius 1 is 0.967 bits per heavy atom. The maximum atomic E-state index is 12.0. The summed E-state index contributed by atoms with van der Waals surface area (Å²) in [6.45, 7) is 4.18. The highest BCUT2D eigenvalue weighted by molar-refractivity contribution is 6.31. The van der Waals surface area contributed by atoms with Gasteiger partial charge in [0.25, 0.3) is 5.91 Å². The van der Waals surface area contributed by atoms with Crippen LogP contribution in [0.1, 0.15) is 22.3 Å². The molecular formula is C24H23ClN2O3. The molecule has 0 radical (unpaired) electrons. The first-order chi connectivity index (χ1) is 14.5. The summed E-state index contributed by atoms with van der Waals surface area (Å²) in [7, 11) is 0. The fourth-order valence-corrected chi connectivity index (χ4v) is 2.99. The van der Waals surface area contributed by atoms with E-state index in [1.807, 2.05) is 80.6 Å². The summed E-state index contributed by atoms with van der Waals surface area (Å²) in [4.78, 5) is 12.0. The van der Waals surface area contributed by atoms with Crippen molar-refractivity contribution in [3.8, 4) is 11.5 Å². The van der Waals surface area contributed by atoms with Gasteiger partial charge < -0.3 is 9.47 Å². The zero-order valence-corrected chi connectivity index (χ0v) is 17.6. The lowest BCUT2D eigenvalue weighted by Gasteiger charge is -2.10. The molecule has 0 saturated carbocycles. The average molecular weight is 423 g/mol. The monoisotopic (exact) mass is 422 g/mol. The van der Waals surface area contributed by atoms with Gasteiger partial charge in [-0.15, -0.1) is 0 Å². The summed E-state index contributed by atoms with van der Waals surface area (Å²) >= 11 is 6.13. The highest BCUT2D eigenvalue weighted by Crippen LogP contribution is 2.22. The van der Waals surface area contributed by atoms with Gasteiger partial charge in [-0.25, -0.2) is 5.43 Å². The van der Waals surface area contributed by atoms with Crippen molar-refractivity contribution in [2.24, 2.45) is 5.10 Å². The van der Waals surface area contributed by atoms with Gasteiger partial charge in [-0.1, -0.05) is 48.0 Å². The minimum atomic E-state index is -0.325. The Balaban J connectivity index is 1.45. The van der Waals surface area contributed by atoms with E-state index in [0.29, 0.717) is 11.6 Å². The van der Waals surface area contributed by atoms with Crippen LogP contribution in [-0.2, 0) is 11.4 Å². The van der Waals surface area contributed by atoms with Crippen LogP contribution in [-0.4, -0.2) is 18.7 Å². The SMILES string of the molecule is Cc1cccc(C)c1OCC(=O)N/N=C/c1ccc(OCc2ccccc2Cl)cc1. The molecule has 0 aromatic heterocycles. The third-order valence-corrected chi connectivity index (χ3v) is 4.76. The fourth-order valence-electron chi connectivity index (χ4n) is 2.80.